The summed E-state index contributed by atoms with van der Waals surface area (Å²) in [7, 11) is -4.28. The fourth-order valence-corrected chi connectivity index (χ4v) is 6.34. The van der Waals surface area contributed by atoms with E-state index in [2.05, 4.69) is 10.1 Å². The number of nitrogens with zero attached hydrogens (tertiary/aromatic N) is 3. The first-order valence-electron chi connectivity index (χ1n) is 14.6. The molecule has 1 saturated heterocycles. The zero-order valence-corrected chi connectivity index (χ0v) is 26.5. The number of alkyl halides is 2. The van der Waals surface area contributed by atoms with Crippen LogP contribution in [0.5, 0.6) is 11.5 Å². The molecule has 0 spiro atoms. The lowest BCUT2D eigenvalue weighted by Crippen LogP contribution is -2.42. The van der Waals surface area contributed by atoms with Gasteiger partial charge in [-0.2, -0.15) is 13.8 Å². The van der Waals surface area contributed by atoms with Gasteiger partial charge in [0.25, 0.3) is 0 Å². The topological polar surface area (TPSA) is 190 Å². The van der Waals surface area contributed by atoms with E-state index in [9.17, 15) is 33.4 Å². The SMILES string of the molecule is CC(C)NP(=O)(OCc1ccc([N+](=O)[O-])c(Oc2ccc(-c3ccccc3)cc2)c1)OCC1OC(n2ccc(N)nc2=O)C(F)(F)C1O. The fraction of sp³-hybridized carbons (Fsp3) is 0.290. The molecular weight excluding hydrogens is 655 g/mol. The Bertz CT molecular complexity index is 1860. The number of halogens is 2. The highest BCUT2D eigenvalue weighted by Gasteiger charge is 2.60. The molecule has 4 aromatic rings. The van der Waals surface area contributed by atoms with Gasteiger partial charge in [0.15, 0.2) is 6.10 Å². The average molecular weight is 688 g/mol. The molecule has 2 heterocycles. The highest BCUT2D eigenvalue weighted by atomic mass is 31.2. The summed E-state index contributed by atoms with van der Waals surface area (Å²) in [6, 6.07) is 21.1. The molecule has 4 N–H and O–H groups in total. The second-order valence-corrected chi connectivity index (χ2v) is 12.9. The van der Waals surface area contributed by atoms with Crippen LogP contribution in [0, 0.1) is 10.1 Å². The van der Waals surface area contributed by atoms with E-state index in [1.807, 2.05) is 42.5 Å². The normalized spacial score (nSPS) is 20.0. The largest absolute Gasteiger partial charge is 0.450 e. The summed E-state index contributed by atoms with van der Waals surface area (Å²) in [4.78, 5) is 26.7. The van der Waals surface area contributed by atoms with Crippen molar-refractivity contribution >= 4 is 19.3 Å². The van der Waals surface area contributed by atoms with Crippen LogP contribution in [0.4, 0.5) is 20.3 Å². The Labute approximate surface area is 272 Å². The minimum absolute atomic E-state index is 0.107. The van der Waals surface area contributed by atoms with Gasteiger partial charge < -0.3 is 20.3 Å². The van der Waals surface area contributed by atoms with E-state index < -0.39 is 62.0 Å². The predicted molar refractivity (Wildman–Crippen MR) is 169 cm³/mol. The van der Waals surface area contributed by atoms with Gasteiger partial charge in [-0.25, -0.2) is 14.4 Å². The summed E-state index contributed by atoms with van der Waals surface area (Å²) in [6.45, 7) is 2.03. The number of aromatic nitrogens is 2. The zero-order chi connectivity index (χ0) is 34.6. The van der Waals surface area contributed by atoms with E-state index in [1.165, 1.54) is 18.2 Å². The molecule has 0 saturated carbocycles. The van der Waals surface area contributed by atoms with Crippen LogP contribution >= 0.6 is 7.75 Å². The van der Waals surface area contributed by atoms with E-state index >= 15 is 0 Å². The number of rotatable bonds is 13. The second-order valence-electron chi connectivity index (χ2n) is 11.1. The monoisotopic (exact) mass is 687 g/mol. The summed E-state index contributed by atoms with van der Waals surface area (Å²) in [5, 5.41) is 24.7. The number of anilines is 1. The van der Waals surface area contributed by atoms with Crippen LogP contribution in [0.3, 0.4) is 0 Å². The third-order valence-electron chi connectivity index (χ3n) is 7.12. The van der Waals surface area contributed by atoms with Crippen molar-refractivity contribution in [3.8, 4) is 22.6 Å². The van der Waals surface area contributed by atoms with E-state index in [0.29, 0.717) is 15.9 Å². The molecule has 0 aliphatic carbocycles. The lowest BCUT2D eigenvalue weighted by Gasteiger charge is -2.23. The molecule has 1 fully saturated rings. The van der Waals surface area contributed by atoms with Crippen LogP contribution < -0.4 is 21.2 Å². The summed E-state index contributed by atoms with van der Waals surface area (Å²) < 4.78 is 66.2. The van der Waals surface area contributed by atoms with Gasteiger partial charge in [-0.1, -0.05) is 42.5 Å². The van der Waals surface area contributed by atoms with E-state index in [-0.39, 0.29) is 17.3 Å². The zero-order valence-electron chi connectivity index (χ0n) is 25.6. The molecule has 14 nitrogen and oxygen atoms in total. The van der Waals surface area contributed by atoms with Gasteiger partial charge in [-0.15, -0.1) is 0 Å². The van der Waals surface area contributed by atoms with Crippen LogP contribution in [0.25, 0.3) is 11.1 Å². The first kappa shape index (κ1) is 34.8. The maximum Gasteiger partial charge on any atom is 0.406 e. The van der Waals surface area contributed by atoms with Gasteiger partial charge in [0.1, 0.15) is 17.7 Å². The second kappa shape index (κ2) is 14.3. The van der Waals surface area contributed by atoms with Crippen LogP contribution in [0.2, 0.25) is 0 Å². The maximum atomic E-state index is 15.0. The maximum absolute atomic E-state index is 15.0. The highest BCUT2D eigenvalue weighted by Crippen LogP contribution is 2.48. The van der Waals surface area contributed by atoms with E-state index in [0.717, 1.165) is 23.4 Å². The standard InChI is InChI=1S/C31H32F2N5O9P/c1-19(2)36-48(43,45-18-26-28(39)31(32,33)29(47-26)37-15-14-27(34)35-30(37)40)44-17-20-8-13-24(38(41)42)25(16-20)46-23-11-9-22(10-12-23)21-6-4-3-5-7-21/h3-16,19,26,28-29,39H,17-18H2,1-2H3,(H,36,43)(H2,34,35,40). The Morgan fingerprint density at radius 3 is 2.44 bits per heavy atom. The van der Waals surface area contributed by atoms with Crippen molar-refractivity contribution in [2.75, 3.05) is 12.3 Å². The van der Waals surface area contributed by atoms with Crippen molar-refractivity contribution in [1.82, 2.24) is 14.6 Å². The number of aliphatic hydroxyl groups excluding tert-OH is 1. The Morgan fingerprint density at radius 1 is 1.10 bits per heavy atom. The summed E-state index contributed by atoms with van der Waals surface area (Å²) in [6.07, 6.45) is -5.47. The molecule has 17 heteroatoms. The number of hydrogen-bond donors (Lipinski definition) is 3. The Kier molecular flexibility index (Phi) is 10.3. The first-order valence-corrected chi connectivity index (χ1v) is 16.1. The molecule has 48 heavy (non-hydrogen) atoms. The molecule has 4 unspecified atom stereocenters. The van der Waals surface area contributed by atoms with Crippen molar-refractivity contribution in [1.29, 1.82) is 0 Å². The van der Waals surface area contributed by atoms with Crippen LogP contribution in [-0.2, 0) is 25.0 Å². The van der Waals surface area contributed by atoms with Crippen molar-refractivity contribution in [3.63, 3.8) is 0 Å². The molecule has 0 amide bonds. The predicted octanol–water partition coefficient (Wildman–Crippen LogP) is 5.43. The Hall–Kier alpha value is -4.57. The number of nitrogens with two attached hydrogens (primary N) is 1. The van der Waals surface area contributed by atoms with E-state index in [1.54, 1.807) is 26.0 Å². The number of nitro benzene ring substituents is 1. The van der Waals surface area contributed by atoms with Crippen LogP contribution in [-0.4, -0.2) is 50.4 Å². The number of ether oxygens (including phenoxy) is 2. The molecule has 0 bridgehead atoms. The number of aliphatic hydroxyl groups is 1. The van der Waals surface area contributed by atoms with Gasteiger partial charge in [-0.05, 0) is 60.9 Å². The van der Waals surface area contributed by atoms with E-state index in [4.69, 9.17) is 24.3 Å². The smallest absolute Gasteiger partial charge is 0.406 e. The van der Waals surface area contributed by atoms with Gasteiger partial charge in [0.2, 0.25) is 12.0 Å². The highest BCUT2D eigenvalue weighted by molar-refractivity contribution is 7.51. The van der Waals surface area contributed by atoms with Crippen LogP contribution in [0.1, 0.15) is 25.6 Å². The van der Waals surface area contributed by atoms with Crippen molar-refractivity contribution in [2.45, 2.75) is 50.9 Å². The molecule has 1 aliphatic heterocycles. The van der Waals surface area contributed by atoms with Gasteiger partial charge in [-0.3, -0.25) is 23.7 Å². The van der Waals surface area contributed by atoms with Crippen molar-refractivity contribution < 1.29 is 41.9 Å². The summed E-state index contributed by atoms with van der Waals surface area (Å²) in [5.74, 6) is -3.93. The number of benzene rings is 3. The molecular formula is C31H32F2N5O9P. The number of nitro groups is 1. The molecule has 3 aromatic carbocycles. The lowest BCUT2D eigenvalue weighted by molar-refractivity contribution is -0.385. The third kappa shape index (κ3) is 7.93. The van der Waals surface area contributed by atoms with Gasteiger partial charge >= 0.3 is 25.0 Å². The molecule has 0 radical (unpaired) electrons. The number of nitrogen functional groups attached to an aromatic ring is 1. The van der Waals surface area contributed by atoms with Crippen molar-refractivity contribution in [2.24, 2.45) is 0 Å². The Morgan fingerprint density at radius 2 is 1.79 bits per heavy atom. The van der Waals surface area contributed by atoms with Crippen molar-refractivity contribution in [3.05, 3.63) is 111 Å². The molecule has 254 valence electrons. The minimum atomic E-state index is -4.28. The summed E-state index contributed by atoms with van der Waals surface area (Å²) >= 11 is 0. The molecule has 1 aliphatic rings. The average Bonchev–Trinajstić information content (AvgIpc) is 3.27. The minimum Gasteiger partial charge on any atom is -0.450 e. The molecule has 1 aromatic heterocycles. The fourth-order valence-electron chi connectivity index (χ4n) is 4.82. The number of hydrogen-bond acceptors (Lipinski definition) is 11. The molecule has 4 atom stereocenters. The summed E-state index contributed by atoms with van der Waals surface area (Å²) in [5.41, 5.74) is 6.18. The Balaban J connectivity index is 1.29. The molecule has 5 rings (SSSR count). The first-order chi connectivity index (χ1) is 22.8. The van der Waals surface area contributed by atoms with Gasteiger partial charge in [0, 0.05) is 18.3 Å². The lowest BCUT2D eigenvalue weighted by atomic mass is 10.1. The third-order valence-corrected chi connectivity index (χ3v) is 8.91. The number of nitrogens with one attached hydrogen (secondary N) is 1. The van der Waals surface area contributed by atoms with Gasteiger partial charge in [0.05, 0.1) is 18.1 Å². The van der Waals surface area contributed by atoms with Crippen LogP contribution in [0.15, 0.2) is 89.9 Å². The quantitative estimate of drug-likeness (QED) is 0.0920.